The van der Waals surface area contributed by atoms with Crippen LogP contribution in [0.2, 0.25) is 0 Å². The number of ether oxygens (including phenoxy) is 2. The standard InChI is InChI=1S/C48H91NO11S/c1-3-5-7-9-11-13-15-17-18-19-20-21-22-23-24-26-28-30-32-34-36-38-44(52)49-41(42(51)37-35-33-31-29-27-25-16-14-12-10-8-6-4-2)40-58-48-46(54)47(60-61(55,56)57)45(53)43(39-50)59-48/h17-18,35,37,41-43,45-48,50-51,53-54H,3-16,19-34,36,38-40H2,1-2H3,(H,49,52)(H,55,56,57)/t41-,42+,43+,45-,46?,47?,48+/m0/s1. The summed E-state index contributed by atoms with van der Waals surface area (Å²) in [4.78, 5) is 13.0. The van der Waals surface area contributed by atoms with E-state index in [1.165, 1.54) is 154 Å². The molecule has 0 aliphatic carbocycles. The van der Waals surface area contributed by atoms with Gasteiger partial charge in [0.05, 0.1) is 25.4 Å². The Hall–Kier alpha value is -1.42. The maximum Gasteiger partial charge on any atom is 0.397 e. The van der Waals surface area contributed by atoms with Crippen molar-refractivity contribution in [3.8, 4) is 0 Å². The first-order valence-corrected chi connectivity index (χ1v) is 26.1. The third-order valence-electron chi connectivity index (χ3n) is 11.7. The normalized spacial score (nSPS) is 20.8. The second-order valence-corrected chi connectivity index (χ2v) is 18.4. The van der Waals surface area contributed by atoms with Gasteiger partial charge >= 0.3 is 10.4 Å². The Morgan fingerprint density at radius 3 is 1.48 bits per heavy atom. The molecule has 0 radical (unpaired) electrons. The van der Waals surface area contributed by atoms with Crippen molar-refractivity contribution in [2.75, 3.05) is 13.2 Å². The van der Waals surface area contributed by atoms with Crippen LogP contribution in [0.1, 0.15) is 219 Å². The molecule has 1 aliphatic heterocycles. The number of amides is 1. The smallest absolute Gasteiger partial charge is 0.394 e. The number of rotatable bonds is 42. The van der Waals surface area contributed by atoms with Crippen molar-refractivity contribution in [1.29, 1.82) is 0 Å². The highest BCUT2D eigenvalue weighted by Gasteiger charge is 2.48. The molecule has 7 atom stereocenters. The lowest BCUT2D eigenvalue weighted by Gasteiger charge is -2.41. The van der Waals surface area contributed by atoms with Crippen molar-refractivity contribution in [2.24, 2.45) is 0 Å². The quantitative estimate of drug-likeness (QED) is 0.0194. The number of unbranched alkanes of at least 4 members (excludes halogenated alkanes) is 28. The van der Waals surface area contributed by atoms with Gasteiger partial charge in [-0.15, -0.1) is 0 Å². The Balaban J connectivity index is 2.44. The van der Waals surface area contributed by atoms with E-state index in [-0.39, 0.29) is 18.9 Å². The zero-order chi connectivity index (χ0) is 44.8. The van der Waals surface area contributed by atoms with Gasteiger partial charge in [0.2, 0.25) is 5.91 Å². The van der Waals surface area contributed by atoms with E-state index in [1.54, 1.807) is 6.08 Å². The molecule has 0 aromatic heterocycles. The van der Waals surface area contributed by atoms with Crippen LogP contribution in [-0.2, 0) is 28.9 Å². The van der Waals surface area contributed by atoms with Crippen LogP contribution in [-0.4, -0.2) is 95.4 Å². The number of allylic oxidation sites excluding steroid dienone is 3. The van der Waals surface area contributed by atoms with Crippen LogP contribution in [0.4, 0.5) is 0 Å². The predicted molar refractivity (Wildman–Crippen MR) is 245 cm³/mol. The van der Waals surface area contributed by atoms with Gasteiger partial charge in [0.15, 0.2) is 6.29 Å². The van der Waals surface area contributed by atoms with Crippen LogP contribution < -0.4 is 5.32 Å². The Bertz CT molecular complexity index is 1190. The number of hydrogen-bond acceptors (Lipinski definition) is 10. The van der Waals surface area contributed by atoms with E-state index in [2.05, 4.69) is 35.5 Å². The summed E-state index contributed by atoms with van der Waals surface area (Å²) in [5, 5.41) is 44.7. The fourth-order valence-electron chi connectivity index (χ4n) is 7.86. The lowest BCUT2D eigenvalue weighted by Crippen LogP contribution is -2.61. The van der Waals surface area contributed by atoms with Gasteiger partial charge in [0, 0.05) is 6.42 Å². The van der Waals surface area contributed by atoms with Crippen molar-refractivity contribution < 1.29 is 51.8 Å². The van der Waals surface area contributed by atoms with Crippen molar-refractivity contribution in [3.63, 3.8) is 0 Å². The molecule has 2 unspecified atom stereocenters. The number of nitrogens with one attached hydrogen (secondary N) is 1. The summed E-state index contributed by atoms with van der Waals surface area (Å²) < 4.78 is 47.6. The molecule has 13 heteroatoms. The number of aliphatic hydroxyl groups excluding tert-OH is 4. The van der Waals surface area contributed by atoms with Gasteiger partial charge in [0.25, 0.3) is 0 Å². The third-order valence-corrected chi connectivity index (χ3v) is 12.2. The summed E-state index contributed by atoms with van der Waals surface area (Å²) in [5.41, 5.74) is 0. The van der Waals surface area contributed by atoms with Crippen molar-refractivity contribution in [2.45, 2.75) is 262 Å². The topological polar surface area (TPSA) is 192 Å². The molecular weight excluding hydrogens is 799 g/mol. The summed E-state index contributed by atoms with van der Waals surface area (Å²) in [5.74, 6) is -0.263. The number of carbonyl (C=O) groups is 1. The van der Waals surface area contributed by atoms with Crippen LogP contribution >= 0.6 is 0 Å². The monoisotopic (exact) mass is 890 g/mol. The number of carbonyl (C=O) groups excluding carboxylic acids is 1. The SMILES string of the molecule is CCCCCCCCC=CCCCCCCCCCCCCCC(=O)N[C@@H](CO[C@@H]1O[C@H](CO)[C@H](O)C(OS(=O)(=O)O)C1O)[C@H](O)C=CCCCCCCCCCCCCC. The lowest BCUT2D eigenvalue weighted by atomic mass is 9.99. The van der Waals surface area contributed by atoms with E-state index in [0.29, 0.717) is 6.42 Å². The maximum atomic E-state index is 13.0. The molecule has 0 aromatic carbocycles. The molecule has 61 heavy (non-hydrogen) atoms. The average Bonchev–Trinajstić information content (AvgIpc) is 3.23. The highest BCUT2D eigenvalue weighted by Crippen LogP contribution is 2.26. The van der Waals surface area contributed by atoms with Crippen LogP contribution in [0.5, 0.6) is 0 Å². The fraction of sp³-hybridized carbons (Fsp3) is 0.896. The van der Waals surface area contributed by atoms with Gasteiger partial charge < -0.3 is 35.2 Å². The maximum absolute atomic E-state index is 13.0. The van der Waals surface area contributed by atoms with Crippen molar-refractivity contribution in [1.82, 2.24) is 5.32 Å². The minimum atomic E-state index is -5.08. The molecule has 12 nitrogen and oxygen atoms in total. The number of hydrogen-bond donors (Lipinski definition) is 6. The number of aliphatic hydroxyl groups is 4. The summed E-state index contributed by atoms with van der Waals surface area (Å²) in [6, 6.07) is -0.941. The zero-order valence-electron chi connectivity index (χ0n) is 38.5. The average molecular weight is 890 g/mol. The fourth-order valence-corrected chi connectivity index (χ4v) is 8.37. The van der Waals surface area contributed by atoms with E-state index < -0.39 is 59.9 Å². The molecule has 1 fully saturated rings. The summed E-state index contributed by atoms with van der Waals surface area (Å²) in [6.45, 7) is 3.38. The molecule has 6 N–H and O–H groups in total. The zero-order valence-corrected chi connectivity index (χ0v) is 39.3. The Morgan fingerprint density at radius 2 is 1.05 bits per heavy atom. The van der Waals surface area contributed by atoms with E-state index in [9.17, 15) is 38.2 Å². The Morgan fingerprint density at radius 1 is 0.639 bits per heavy atom. The molecule has 0 saturated carbocycles. The van der Waals surface area contributed by atoms with Gasteiger partial charge in [0.1, 0.15) is 24.4 Å². The van der Waals surface area contributed by atoms with Crippen LogP contribution in [0, 0.1) is 0 Å². The largest absolute Gasteiger partial charge is 0.397 e. The summed E-state index contributed by atoms with van der Waals surface area (Å²) in [6.07, 6.45) is 36.4. The van der Waals surface area contributed by atoms with E-state index in [1.807, 2.05) is 6.08 Å². The van der Waals surface area contributed by atoms with E-state index >= 15 is 0 Å². The second-order valence-electron chi connectivity index (χ2n) is 17.4. The molecule has 1 amide bonds. The van der Waals surface area contributed by atoms with Crippen molar-refractivity contribution >= 4 is 16.3 Å². The second kappa shape index (κ2) is 39.0. The molecule has 0 spiro atoms. The summed E-state index contributed by atoms with van der Waals surface area (Å²) in [7, 11) is -5.08. The molecular formula is C48H91NO11S. The Kier molecular flexibility index (Phi) is 36.8. The highest BCUT2D eigenvalue weighted by atomic mass is 32.3. The Labute approximate surface area is 372 Å². The molecule has 1 saturated heterocycles. The molecule has 1 aliphatic rings. The first-order chi connectivity index (χ1) is 29.5. The van der Waals surface area contributed by atoms with Crippen LogP contribution in [0.15, 0.2) is 24.3 Å². The van der Waals surface area contributed by atoms with Crippen LogP contribution in [0.3, 0.4) is 0 Å². The van der Waals surface area contributed by atoms with Crippen LogP contribution in [0.25, 0.3) is 0 Å². The summed E-state index contributed by atoms with van der Waals surface area (Å²) >= 11 is 0. The molecule has 1 rings (SSSR count). The third kappa shape index (κ3) is 32.0. The molecule has 360 valence electrons. The minimum absolute atomic E-state index is 0.263. The van der Waals surface area contributed by atoms with E-state index in [0.717, 1.165) is 38.5 Å². The van der Waals surface area contributed by atoms with Gasteiger partial charge in [-0.1, -0.05) is 192 Å². The highest BCUT2D eigenvalue weighted by molar-refractivity contribution is 7.80. The molecule has 0 bridgehead atoms. The lowest BCUT2D eigenvalue weighted by molar-refractivity contribution is -0.298. The van der Waals surface area contributed by atoms with Gasteiger partial charge in [-0.2, -0.15) is 8.42 Å². The first kappa shape index (κ1) is 57.6. The van der Waals surface area contributed by atoms with Crippen molar-refractivity contribution in [3.05, 3.63) is 24.3 Å². The molecule has 0 aromatic rings. The predicted octanol–water partition coefficient (Wildman–Crippen LogP) is 10.1. The van der Waals surface area contributed by atoms with Gasteiger partial charge in [-0.25, -0.2) is 4.18 Å². The van der Waals surface area contributed by atoms with Gasteiger partial charge in [-0.05, 0) is 44.9 Å². The van der Waals surface area contributed by atoms with Gasteiger partial charge in [-0.3, -0.25) is 9.35 Å². The first-order valence-electron chi connectivity index (χ1n) is 24.7. The van der Waals surface area contributed by atoms with E-state index in [4.69, 9.17) is 9.47 Å². The minimum Gasteiger partial charge on any atom is -0.394 e. The molecule has 1 heterocycles.